The summed E-state index contributed by atoms with van der Waals surface area (Å²) in [4.78, 5) is 27.8. The summed E-state index contributed by atoms with van der Waals surface area (Å²) in [5.41, 5.74) is 4.68. The maximum Gasteiger partial charge on any atom is 0.342 e. The van der Waals surface area contributed by atoms with Crippen LogP contribution < -0.4 is 11.1 Å². The molecule has 0 saturated carbocycles. The predicted octanol–water partition coefficient (Wildman–Crippen LogP) is -0.714. The van der Waals surface area contributed by atoms with Gasteiger partial charge in [-0.05, 0) is 45.5 Å². The van der Waals surface area contributed by atoms with E-state index in [2.05, 4.69) is 5.32 Å². The van der Waals surface area contributed by atoms with Gasteiger partial charge in [-0.1, -0.05) is 0 Å². The van der Waals surface area contributed by atoms with Crippen molar-refractivity contribution in [2.24, 2.45) is 0 Å². The largest absolute Gasteiger partial charge is 0.507 e. The number of carbonyl (C=O) groups is 2. The third kappa shape index (κ3) is 6.85. The minimum Gasteiger partial charge on any atom is -0.507 e. The fourth-order valence-electron chi connectivity index (χ4n) is 4.61. The van der Waals surface area contributed by atoms with Crippen molar-refractivity contribution in [2.45, 2.75) is 67.8 Å². The number of nitrogens with two attached hydrogens (primary N) is 1. The summed E-state index contributed by atoms with van der Waals surface area (Å²) in [6.07, 6.45) is -4.65. The van der Waals surface area contributed by atoms with Crippen LogP contribution in [0.4, 0.5) is 5.69 Å². The summed E-state index contributed by atoms with van der Waals surface area (Å²) in [5, 5.41) is 44.5. The van der Waals surface area contributed by atoms with Crippen LogP contribution in [0.25, 0.3) is 0 Å². The molecule has 2 aliphatic heterocycles. The number of rotatable bonds is 10. The van der Waals surface area contributed by atoms with E-state index in [0.717, 1.165) is 24.7 Å². The van der Waals surface area contributed by atoms with E-state index in [-0.39, 0.29) is 35.6 Å². The van der Waals surface area contributed by atoms with Crippen LogP contribution in [0, 0.1) is 0 Å². The fourth-order valence-corrected chi connectivity index (χ4v) is 5.56. The number of nitrogen functional groups attached to an aromatic ring is 1. The van der Waals surface area contributed by atoms with Gasteiger partial charge in [0.15, 0.2) is 6.10 Å². The van der Waals surface area contributed by atoms with Crippen molar-refractivity contribution < 1.29 is 44.2 Å². The highest BCUT2D eigenvalue weighted by Crippen LogP contribution is 2.34. The van der Waals surface area contributed by atoms with E-state index in [0.29, 0.717) is 6.42 Å². The Kier molecular flexibility index (Phi) is 10.4. The number of thioether (sulfide) groups is 1. The quantitative estimate of drug-likeness (QED) is 0.161. The van der Waals surface area contributed by atoms with Gasteiger partial charge in [0.05, 0.1) is 24.8 Å². The average molecular weight is 544 g/mol. The Morgan fingerprint density at radius 2 is 2.05 bits per heavy atom. The molecule has 0 aromatic heterocycles. The lowest BCUT2D eigenvalue weighted by Gasteiger charge is -2.45. The van der Waals surface area contributed by atoms with Gasteiger partial charge in [0, 0.05) is 24.6 Å². The first-order chi connectivity index (χ1) is 17.6. The van der Waals surface area contributed by atoms with Crippen molar-refractivity contribution in [3.8, 4) is 5.75 Å². The van der Waals surface area contributed by atoms with E-state index in [1.54, 1.807) is 6.92 Å². The van der Waals surface area contributed by atoms with Gasteiger partial charge in [0.25, 0.3) is 0 Å². The van der Waals surface area contributed by atoms with E-state index in [1.807, 2.05) is 11.9 Å². The second-order valence-electron chi connectivity index (χ2n) is 9.31. The number of aliphatic hydroxyl groups excluding tert-OH is 3. The number of likely N-dealkylation sites (tertiary alicyclic amines) is 1. The zero-order chi connectivity index (χ0) is 27.3. The van der Waals surface area contributed by atoms with E-state index >= 15 is 0 Å². The minimum atomic E-state index is -1.60. The van der Waals surface area contributed by atoms with Gasteiger partial charge >= 0.3 is 5.97 Å². The van der Waals surface area contributed by atoms with Crippen LogP contribution in [-0.2, 0) is 19.0 Å². The smallest absolute Gasteiger partial charge is 0.342 e. The highest BCUT2D eigenvalue weighted by Gasteiger charge is 2.51. The van der Waals surface area contributed by atoms with Crippen molar-refractivity contribution >= 4 is 29.3 Å². The van der Waals surface area contributed by atoms with Crippen molar-refractivity contribution in [1.29, 1.82) is 0 Å². The Morgan fingerprint density at radius 1 is 1.32 bits per heavy atom. The van der Waals surface area contributed by atoms with Gasteiger partial charge in [-0.15, -0.1) is 11.8 Å². The summed E-state index contributed by atoms with van der Waals surface area (Å²) >= 11 is 1.08. The highest BCUT2D eigenvalue weighted by molar-refractivity contribution is 7.99. The molecule has 2 aliphatic rings. The second-order valence-corrected chi connectivity index (χ2v) is 10.5. The van der Waals surface area contributed by atoms with Crippen molar-refractivity contribution in [1.82, 2.24) is 10.2 Å². The number of nitrogens with zero attached hydrogens (tertiary/aromatic N) is 1. The molecule has 2 heterocycles. The number of anilines is 1. The number of phenols is 1. The van der Waals surface area contributed by atoms with Gasteiger partial charge in [-0.25, -0.2) is 4.79 Å². The van der Waals surface area contributed by atoms with Crippen LogP contribution in [0.1, 0.15) is 30.1 Å². The number of likely N-dealkylation sites (N-methyl/N-ethyl adjacent to an activating group) is 1. The van der Waals surface area contributed by atoms with Gasteiger partial charge in [0.2, 0.25) is 5.91 Å². The lowest BCUT2D eigenvalue weighted by molar-refractivity contribution is -0.212. The molecule has 8 atom stereocenters. The molecular weight excluding hydrogens is 506 g/mol. The van der Waals surface area contributed by atoms with Crippen LogP contribution in [0.2, 0.25) is 0 Å². The first kappa shape index (κ1) is 29.4. The summed E-state index contributed by atoms with van der Waals surface area (Å²) in [6, 6.07) is 2.70. The molecule has 2 fully saturated rings. The minimum absolute atomic E-state index is 0.178. The monoisotopic (exact) mass is 543 g/mol. The molecule has 1 amide bonds. The Morgan fingerprint density at radius 3 is 2.65 bits per heavy atom. The molecule has 3 rings (SSSR count). The molecule has 1 aromatic rings. The van der Waals surface area contributed by atoms with Gasteiger partial charge in [-0.2, -0.15) is 0 Å². The lowest BCUT2D eigenvalue weighted by atomic mass is 9.91. The number of amides is 1. The second kappa shape index (κ2) is 13.1. The van der Waals surface area contributed by atoms with Crippen LogP contribution >= 0.6 is 11.8 Å². The Labute approximate surface area is 220 Å². The van der Waals surface area contributed by atoms with Crippen molar-refractivity contribution in [3.63, 3.8) is 0 Å². The predicted molar refractivity (Wildman–Crippen MR) is 136 cm³/mol. The molecule has 0 aliphatic carbocycles. The number of carbonyl (C=O) groups excluding carboxylic acids is 2. The van der Waals surface area contributed by atoms with Crippen LogP contribution in [0.15, 0.2) is 18.2 Å². The highest BCUT2D eigenvalue weighted by atomic mass is 32.2. The van der Waals surface area contributed by atoms with E-state index < -0.39 is 53.7 Å². The number of aliphatic hydroxyl groups is 3. The Balaban J connectivity index is 1.83. The maximum absolute atomic E-state index is 13.0. The fraction of sp³-hybridized carbons (Fsp3) is 0.667. The molecule has 13 heteroatoms. The lowest BCUT2D eigenvalue weighted by Crippen LogP contribution is -2.66. The number of methoxy groups -OCH3 is 1. The Bertz CT molecular complexity index is 939. The van der Waals surface area contributed by atoms with Crippen LogP contribution in [0.5, 0.6) is 5.75 Å². The number of esters is 1. The molecule has 37 heavy (non-hydrogen) atoms. The van der Waals surface area contributed by atoms with E-state index in [1.165, 1.54) is 25.3 Å². The van der Waals surface area contributed by atoms with Crippen LogP contribution in [-0.4, -0.2) is 118 Å². The molecule has 1 aromatic carbocycles. The maximum atomic E-state index is 13.0. The third-order valence-electron chi connectivity index (χ3n) is 6.80. The number of nitrogens with one attached hydrogen (secondary N) is 1. The summed E-state index contributed by atoms with van der Waals surface area (Å²) in [7, 11) is 3.32. The topological polar surface area (TPSA) is 184 Å². The zero-order valence-corrected chi connectivity index (χ0v) is 22.0. The SMILES string of the molecule is CO[C@H](C)[C@H](NC(=O)[C@@H]1CCCN1C)[C@H]1O[C@@H](SCCO)[C@@H](OC(=O)c2ccc(N)cc2O)[C@@H](O)[C@H]1O. The standard InChI is InChI=1S/C24H37N3O9S/c1-12(34-3)17(26-22(32)15-5-4-8-27(15)2)20-18(30)19(31)21(24(36-20)37-10-9-28)35-23(33)14-7-6-13(25)11-16(14)29/h6-7,11-12,15,17-21,24,28-31H,4-5,8-10,25H2,1-3H3,(H,26,32)/t12-,15+,17+,18-,19+,20-,21+,24+/m1/s1. The molecule has 12 nitrogen and oxygen atoms in total. The molecule has 208 valence electrons. The molecule has 0 radical (unpaired) electrons. The number of hydrogen-bond acceptors (Lipinski definition) is 12. The van der Waals surface area contributed by atoms with Crippen molar-refractivity contribution in [3.05, 3.63) is 23.8 Å². The number of aromatic hydroxyl groups is 1. The molecule has 0 unspecified atom stereocenters. The van der Waals surface area contributed by atoms with Gasteiger partial charge < -0.3 is 45.7 Å². The Hall–Kier alpha value is -2.13. The normalized spacial score (nSPS) is 30.0. The first-order valence-corrected chi connectivity index (χ1v) is 13.2. The number of benzene rings is 1. The van der Waals surface area contributed by atoms with E-state index in [4.69, 9.17) is 19.9 Å². The van der Waals surface area contributed by atoms with E-state index in [9.17, 15) is 30.0 Å². The average Bonchev–Trinajstić information content (AvgIpc) is 3.30. The molecule has 0 bridgehead atoms. The third-order valence-corrected chi connectivity index (χ3v) is 7.93. The number of phenolic OH excluding ortho intramolecular Hbond substituents is 1. The molecule has 0 spiro atoms. The molecule has 7 N–H and O–H groups in total. The van der Waals surface area contributed by atoms with Gasteiger partial charge in [0.1, 0.15) is 35.1 Å². The number of hydrogen-bond donors (Lipinski definition) is 6. The molecular formula is C24H37N3O9S. The van der Waals surface area contributed by atoms with Gasteiger partial charge in [-0.3, -0.25) is 9.69 Å². The van der Waals surface area contributed by atoms with Crippen LogP contribution in [0.3, 0.4) is 0 Å². The van der Waals surface area contributed by atoms with Crippen molar-refractivity contribution in [2.75, 3.05) is 38.8 Å². The first-order valence-electron chi connectivity index (χ1n) is 12.2. The summed E-state index contributed by atoms with van der Waals surface area (Å²) in [6.45, 7) is 2.29. The summed E-state index contributed by atoms with van der Waals surface area (Å²) < 4.78 is 17.1. The molecule has 2 saturated heterocycles. The zero-order valence-electron chi connectivity index (χ0n) is 21.1. The number of ether oxygens (including phenoxy) is 3. The summed E-state index contributed by atoms with van der Waals surface area (Å²) in [5.74, 6) is -1.41.